The number of ether oxygens (including phenoxy) is 1. The van der Waals surface area contributed by atoms with Crippen molar-refractivity contribution in [2.75, 3.05) is 13.2 Å². The van der Waals surface area contributed by atoms with E-state index in [0.717, 1.165) is 30.7 Å². The van der Waals surface area contributed by atoms with Crippen molar-refractivity contribution in [3.8, 4) is 0 Å². The maximum Gasteiger partial charge on any atom is 0.274 e. The Bertz CT molecular complexity index is 680. The molecule has 1 unspecified atom stereocenters. The van der Waals surface area contributed by atoms with Gasteiger partial charge in [0.15, 0.2) is 0 Å². The van der Waals surface area contributed by atoms with Crippen molar-refractivity contribution in [2.24, 2.45) is 0 Å². The second-order valence-electron chi connectivity index (χ2n) is 5.89. The molecule has 1 amide bonds. The lowest BCUT2D eigenvalue weighted by atomic mass is 10.1. The summed E-state index contributed by atoms with van der Waals surface area (Å²) in [7, 11) is 0. The largest absolute Gasteiger partial charge is 0.376 e. The third kappa shape index (κ3) is 3.96. The molecule has 1 saturated heterocycles. The first-order valence-corrected chi connectivity index (χ1v) is 7.79. The fourth-order valence-corrected chi connectivity index (χ4v) is 2.80. The zero-order valence-corrected chi connectivity index (χ0v) is 13.1. The van der Waals surface area contributed by atoms with Crippen molar-refractivity contribution in [2.45, 2.75) is 32.4 Å². The van der Waals surface area contributed by atoms with Crippen LogP contribution in [0.5, 0.6) is 0 Å². The van der Waals surface area contributed by atoms with Gasteiger partial charge in [0, 0.05) is 25.4 Å². The summed E-state index contributed by atoms with van der Waals surface area (Å²) in [5.41, 5.74) is 1.96. The van der Waals surface area contributed by atoms with Crippen LogP contribution in [0.15, 0.2) is 30.3 Å². The van der Waals surface area contributed by atoms with Crippen LogP contribution in [0.1, 0.15) is 34.6 Å². The zero-order valence-electron chi connectivity index (χ0n) is 13.1. The van der Waals surface area contributed by atoms with Gasteiger partial charge in [0.2, 0.25) is 0 Å². The van der Waals surface area contributed by atoms with Gasteiger partial charge in [-0.1, -0.05) is 12.1 Å². The molecule has 1 aromatic carbocycles. The van der Waals surface area contributed by atoms with E-state index in [0.29, 0.717) is 18.8 Å². The third-order valence-electron chi connectivity index (χ3n) is 3.92. The number of hydrogen-bond donors (Lipinski definition) is 1. The van der Waals surface area contributed by atoms with Crippen LogP contribution in [0.25, 0.3) is 0 Å². The molecule has 2 aromatic rings. The molecule has 0 saturated carbocycles. The number of benzene rings is 1. The molecule has 3 rings (SSSR count). The standard InChI is InChI=1S/C17H20FN3O2/c1-12-8-16(20-19-12)17(22)21(11-15-6-3-7-23-15)10-13-4-2-5-14(18)9-13/h2,4-5,8-9,15H,3,6-7,10-11H2,1H3,(H,19,20). The molecule has 0 spiro atoms. The predicted octanol–water partition coefficient (Wildman–Crippen LogP) is 2.68. The molecule has 1 aliphatic heterocycles. The predicted molar refractivity (Wildman–Crippen MR) is 83.4 cm³/mol. The molecular formula is C17H20FN3O2. The Kier molecular flexibility index (Phi) is 4.71. The quantitative estimate of drug-likeness (QED) is 0.922. The van der Waals surface area contributed by atoms with Crippen molar-refractivity contribution < 1.29 is 13.9 Å². The summed E-state index contributed by atoms with van der Waals surface area (Å²) in [5, 5.41) is 6.82. The fraction of sp³-hybridized carbons (Fsp3) is 0.412. The van der Waals surface area contributed by atoms with Gasteiger partial charge in [-0.05, 0) is 43.5 Å². The lowest BCUT2D eigenvalue weighted by Crippen LogP contribution is -2.37. The first kappa shape index (κ1) is 15.7. The van der Waals surface area contributed by atoms with E-state index in [1.165, 1.54) is 12.1 Å². The normalized spacial score (nSPS) is 17.4. The maximum absolute atomic E-state index is 13.4. The van der Waals surface area contributed by atoms with Gasteiger partial charge in [0.1, 0.15) is 11.5 Å². The molecular weight excluding hydrogens is 297 g/mol. The van der Waals surface area contributed by atoms with Crippen LogP contribution in [-0.2, 0) is 11.3 Å². The van der Waals surface area contributed by atoms with Crippen LogP contribution in [0.3, 0.4) is 0 Å². The molecule has 6 heteroatoms. The monoisotopic (exact) mass is 317 g/mol. The molecule has 0 aliphatic carbocycles. The van der Waals surface area contributed by atoms with Crippen molar-refractivity contribution in [1.29, 1.82) is 0 Å². The molecule has 1 fully saturated rings. The van der Waals surface area contributed by atoms with E-state index in [-0.39, 0.29) is 17.8 Å². The summed E-state index contributed by atoms with van der Waals surface area (Å²) in [5.74, 6) is -0.475. The smallest absolute Gasteiger partial charge is 0.274 e. The molecule has 5 nitrogen and oxygen atoms in total. The van der Waals surface area contributed by atoms with E-state index >= 15 is 0 Å². The van der Waals surface area contributed by atoms with Crippen molar-refractivity contribution >= 4 is 5.91 Å². The van der Waals surface area contributed by atoms with Crippen LogP contribution < -0.4 is 0 Å². The van der Waals surface area contributed by atoms with E-state index in [9.17, 15) is 9.18 Å². The van der Waals surface area contributed by atoms with Gasteiger partial charge in [0.05, 0.1) is 6.10 Å². The highest BCUT2D eigenvalue weighted by Gasteiger charge is 2.25. The number of carbonyl (C=O) groups excluding carboxylic acids is 1. The van der Waals surface area contributed by atoms with E-state index in [1.54, 1.807) is 17.0 Å². The van der Waals surface area contributed by atoms with E-state index in [4.69, 9.17) is 4.74 Å². The van der Waals surface area contributed by atoms with E-state index in [2.05, 4.69) is 10.2 Å². The van der Waals surface area contributed by atoms with E-state index in [1.807, 2.05) is 13.0 Å². The minimum absolute atomic E-state index is 0.0348. The van der Waals surface area contributed by atoms with E-state index < -0.39 is 0 Å². The number of carbonyl (C=O) groups is 1. The van der Waals surface area contributed by atoms with Crippen LogP contribution in [-0.4, -0.2) is 40.3 Å². The van der Waals surface area contributed by atoms with Crippen molar-refractivity contribution in [3.05, 3.63) is 53.1 Å². The van der Waals surface area contributed by atoms with Crippen LogP contribution in [0.4, 0.5) is 4.39 Å². The summed E-state index contributed by atoms with van der Waals surface area (Å²) in [4.78, 5) is 14.4. The van der Waals surface area contributed by atoms with Crippen molar-refractivity contribution in [3.63, 3.8) is 0 Å². The first-order valence-electron chi connectivity index (χ1n) is 7.79. The summed E-state index contributed by atoms with van der Waals surface area (Å²) in [6.07, 6.45) is 1.98. The first-order chi connectivity index (χ1) is 11.1. The second kappa shape index (κ2) is 6.91. The van der Waals surface area contributed by atoms with Gasteiger partial charge in [0.25, 0.3) is 5.91 Å². The fourth-order valence-electron chi connectivity index (χ4n) is 2.80. The minimum Gasteiger partial charge on any atom is -0.376 e. The Morgan fingerprint density at radius 1 is 1.48 bits per heavy atom. The van der Waals surface area contributed by atoms with Gasteiger partial charge in [-0.3, -0.25) is 9.89 Å². The van der Waals surface area contributed by atoms with Gasteiger partial charge < -0.3 is 9.64 Å². The number of H-pyrrole nitrogens is 1. The van der Waals surface area contributed by atoms with Crippen LogP contribution >= 0.6 is 0 Å². The molecule has 0 bridgehead atoms. The summed E-state index contributed by atoms with van der Waals surface area (Å²) >= 11 is 0. The number of aromatic nitrogens is 2. The molecule has 23 heavy (non-hydrogen) atoms. The maximum atomic E-state index is 13.4. The van der Waals surface area contributed by atoms with Gasteiger partial charge in [-0.2, -0.15) is 5.10 Å². The SMILES string of the molecule is Cc1cc(C(=O)N(Cc2cccc(F)c2)CC2CCCO2)n[nH]1. The molecule has 1 aromatic heterocycles. The third-order valence-corrected chi connectivity index (χ3v) is 3.92. The number of hydrogen-bond acceptors (Lipinski definition) is 3. The number of aromatic amines is 1. The van der Waals surface area contributed by atoms with Crippen LogP contribution in [0, 0.1) is 12.7 Å². The van der Waals surface area contributed by atoms with Gasteiger partial charge in [-0.15, -0.1) is 0 Å². The molecule has 2 heterocycles. The van der Waals surface area contributed by atoms with Crippen molar-refractivity contribution in [1.82, 2.24) is 15.1 Å². The Hall–Kier alpha value is -2.21. The van der Waals surface area contributed by atoms with Gasteiger partial charge in [-0.25, -0.2) is 4.39 Å². The molecule has 1 N–H and O–H groups in total. The molecule has 0 radical (unpaired) electrons. The summed E-state index contributed by atoms with van der Waals surface area (Å²) < 4.78 is 19.0. The highest BCUT2D eigenvalue weighted by molar-refractivity contribution is 5.92. The second-order valence-corrected chi connectivity index (χ2v) is 5.89. The number of nitrogens with one attached hydrogen (secondary N) is 1. The lowest BCUT2D eigenvalue weighted by molar-refractivity contribution is 0.0502. The molecule has 1 atom stereocenters. The Labute approximate surface area is 134 Å². The summed E-state index contributed by atoms with van der Waals surface area (Å²) in [6.45, 7) is 3.40. The van der Waals surface area contributed by atoms with Crippen LogP contribution in [0.2, 0.25) is 0 Å². The minimum atomic E-state index is -0.303. The van der Waals surface area contributed by atoms with Gasteiger partial charge >= 0.3 is 0 Å². The zero-order chi connectivity index (χ0) is 16.2. The average molecular weight is 317 g/mol. The highest BCUT2D eigenvalue weighted by Crippen LogP contribution is 2.17. The number of aryl methyl sites for hydroxylation is 1. The lowest BCUT2D eigenvalue weighted by Gasteiger charge is -2.25. The molecule has 122 valence electrons. The number of amides is 1. The number of nitrogens with zero attached hydrogens (tertiary/aromatic N) is 2. The Morgan fingerprint density at radius 2 is 2.35 bits per heavy atom. The number of halogens is 1. The highest BCUT2D eigenvalue weighted by atomic mass is 19.1. The average Bonchev–Trinajstić information content (AvgIpc) is 3.17. The Balaban J connectivity index is 1.78. The molecule has 1 aliphatic rings. The number of rotatable bonds is 5. The Morgan fingerprint density at radius 3 is 3.00 bits per heavy atom. The topological polar surface area (TPSA) is 58.2 Å². The summed E-state index contributed by atoms with van der Waals surface area (Å²) in [6, 6.07) is 8.03.